The molecule has 17 aromatic carbocycles. The largest absolute Gasteiger partial charge is 0.455 e. The third-order valence-electron chi connectivity index (χ3n) is 22.6. The lowest BCUT2D eigenvalue weighted by atomic mass is 9.99. The zero-order valence-corrected chi connectivity index (χ0v) is 63.7. The summed E-state index contributed by atoms with van der Waals surface area (Å²) in [4.78, 5) is 30.8. The van der Waals surface area contributed by atoms with Crippen LogP contribution in [0.4, 0.5) is 0 Å². The summed E-state index contributed by atoms with van der Waals surface area (Å²) in [6.45, 7) is 0. The molecule has 0 saturated carbocycles. The summed E-state index contributed by atoms with van der Waals surface area (Å²) in [5, 5.41) is 8.74. The van der Waals surface area contributed by atoms with Gasteiger partial charge >= 0.3 is 0 Å². The molecule has 0 aliphatic rings. The van der Waals surface area contributed by atoms with E-state index in [1.807, 2.05) is 78.9 Å². The van der Waals surface area contributed by atoms with Crippen molar-refractivity contribution in [3.05, 3.63) is 413 Å². The number of para-hydroxylation sites is 5. The SMILES string of the molecule is c1ccc(-c2ccc(-c3nc(-c4ccccc4)nc(-c4ccccc4-n4c5ccccc5c5c6oc7c(-c8ccc(-c9ccccc9)cc8)cccc7c6ccc54)n3)cc2)cc1.c1ccc(-c2ccc(-c3nc(-c4ccccc4)nc(-c4ccccc4-n4c5ccccc5c5c6oc7cccc(-c8ccccc8)c7c6ccc54)n3)cc2)cc1. The maximum atomic E-state index is 7.06. The molecule has 23 rings (SSSR count). The average molecular weight is 1510 g/mol. The van der Waals surface area contributed by atoms with Crippen LogP contribution in [0.15, 0.2) is 421 Å². The second kappa shape index (κ2) is 29.2. The van der Waals surface area contributed by atoms with Gasteiger partial charge in [-0.3, -0.25) is 0 Å². The molecule has 0 saturated heterocycles. The van der Waals surface area contributed by atoms with Gasteiger partial charge in [0.2, 0.25) is 0 Å². The van der Waals surface area contributed by atoms with Crippen molar-refractivity contribution in [1.82, 2.24) is 39.0 Å². The molecular weight excluding hydrogens is 1440 g/mol. The molecule has 0 radical (unpaired) electrons. The van der Waals surface area contributed by atoms with Crippen LogP contribution in [-0.4, -0.2) is 39.0 Å². The van der Waals surface area contributed by atoms with E-state index in [2.05, 4.69) is 343 Å². The van der Waals surface area contributed by atoms with Crippen LogP contribution >= 0.6 is 0 Å². The Morgan fingerprint density at radius 2 is 0.458 bits per heavy atom. The summed E-state index contributed by atoms with van der Waals surface area (Å²) < 4.78 is 18.5. The molecule has 118 heavy (non-hydrogen) atoms. The van der Waals surface area contributed by atoms with Crippen LogP contribution in [0.5, 0.6) is 0 Å². The summed E-state index contributed by atoms with van der Waals surface area (Å²) in [6, 6.07) is 143. The summed E-state index contributed by atoms with van der Waals surface area (Å²) in [5.74, 6) is 3.65. The Kier molecular flexibility index (Phi) is 17.0. The number of benzene rings is 17. The number of hydrogen-bond acceptors (Lipinski definition) is 8. The van der Waals surface area contributed by atoms with Crippen molar-refractivity contribution in [3.8, 4) is 135 Å². The lowest BCUT2D eigenvalue weighted by molar-refractivity contribution is 0.673. The third kappa shape index (κ3) is 12.1. The van der Waals surface area contributed by atoms with Gasteiger partial charge in [-0.1, -0.05) is 346 Å². The predicted molar refractivity (Wildman–Crippen MR) is 483 cm³/mol. The van der Waals surface area contributed by atoms with Gasteiger partial charge in [0.15, 0.2) is 34.9 Å². The molecule has 0 spiro atoms. The second-order valence-electron chi connectivity index (χ2n) is 29.5. The van der Waals surface area contributed by atoms with Gasteiger partial charge in [-0.2, -0.15) is 0 Å². The van der Waals surface area contributed by atoms with Gasteiger partial charge in [0.25, 0.3) is 0 Å². The highest BCUT2D eigenvalue weighted by Gasteiger charge is 2.27. The number of fused-ring (bicyclic) bond motifs is 14. The first-order chi connectivity index (χ1) is 58.5. The van der Waals surface area contributed by atoms with E-state index in [0.717, 1.165) is 177 Å². The van der Waals surface area contributed by atoms with Crippen LogP contribution < -0.4 is 0 Å². The van der Waals surface area contributed by atoms with Crippen molar-refractivity contribution in [2.75, 3.05) is 0 Å². The Bertz CT molecular complexity index is 7740. The van der Waals surface area contributed by atoms with E-state index in [0.29, 0.717) is 34.9 Å². The van der Waals surface area contributed by atoms with Crippen molar-refractivity contribution in [2.45, 2.75) is 0 Å². The van der Waals surface area contributed by atoms with Gasteiger partial charge in [-0.15, -0.1) is 0 Å². The molecule has 0 aliphatic heterocycles. The van der Waals surface area contributed by atoms with Gasteiger partial charge in [0.1, 0.15) is 22.3 Å². The Morgan fingerprint density at radius 1 is 0.161 bits per heavy atom. The Morgan fingerprint density at radius 3 is 0.915 bits per heavy atom. The molecule has 0 atom stereocenters. The Hall–Kier alpha value is -16.0. The topological polar surface area (TPSA) is 113 Å². The molecule has 0 bridgehead atoms. The lowest BCUT2D eigenvalue weighted by Gasteiger charge is -2.14. The first-order valence-electron chi connectivity index (χ1n) is 39.6. The van der Waals surface area contributed by atoms with E-state index in [4.69, 9.17) is 38.7 Å². The molecule has 0 fully saturated rings. The fourth-order valence-electron chi connectivity index (χ4n) is 17.0. The van der Waals surface area contributed by atoms with Crippen molar-refractivity contribution in [2.24, 2.45) is 0 Å². The molecule has 0 aliphatic carbocycles. The number of aromatic nitrogens is 8. The zero-order chi connectivity index (χ0) is 78.0. The van der Waals surface area contributed by atoms with E-state index in [-0.39, 0.29) is 0 Å². The molecule has 23 aromatic rings. The summed E-state index contributed by atoms with van der Waals surface area (Å²) in [7, 11) is 0. The second-order valence-corrected chi connectivity index (χ2v) is 29.5. The lowest BCUT2D eigenvalue weighted by Crippen LogP contribution is -2.03. The molecule has 6 aromatic heterocycles. The molecule has 10 heteroatoms. The van der Waals surface area contributed by atoms with Gasteiger partial charge in [0.05, 0.1) is 44.2 Å². The normalized spacial score (nSPS) is 11.6. The highest BCUT2D eigenvalue weighted by Crippen LogP contribution is 2.48. The standard InChI is InChI=1S/C57H36N4O.C51H32N4O/c1-4-15-37(16-5-1)39-27-31-41(32-28-39)44-23-14-24-45-46-35-36-51-52(54(46)62-53(44)45)47-21-10-12-25-49(47)61(51)50-26-13-11-22-48(50)57-59-55(42-19-8-3-9-20-42)58-56(60-57)43-33-29-40(30-34-43)38-17-6-2-7-18-38;1-4-15-33(16-5-1)34-27-29-37(30-28-34)50-52-49(36-19-8-3-9-20-36)53-51(54-50)40-22-11-13-25-43(40)55-42-24-12-10-21-39(42)47-44(55)32-31-41-46-38(35-17-6-2-7-18-35)23-14-26-45(46)56-48(41)47/h1-36H;1-32H. The monoisotopic (exact) mass is 1510 g/mol. The maximum absolute atomic E-state index is 7.06. The van der Waals surface area contributed by atoms with Gasteiger partial charge in [-0.25, -0.2) is 29.9 Å². The zero-order valence-electron chi connectivity index (χ0n) is 63.7. The van der Waals surface area contributed by atoms with E-state index in [1.54, 1.807) is 0 Å². The Labute approximate surface area is 678 Å². The summed E-state index contributed by atoms with van der Waals surface area (Å²) >= 11 is 0. The third-order valence-corrected chi connectivity index (χ3v) is 22.6. The highest BCUT2D eigenvalue weighted by atomic mass is 16.3. The number of hydrogen-bond donors (Lipinski definition) is 0. The molecular formula is C108H68N8O2. The quantitative estimate of drug-likeness (QED) is 0.112. The van der Waals surface area contributed by atoms with Crippen LogP contribution in [-0.2, 0) is 0 Å². The fraction of sp³-hybridized carbons (Fsp3) is 0. The van der Waals surface area contributed by atoms with Crippen LogP contribution in [0, 0.1) is 0 Å². The summed E-state index contributed by atoms with van der Waals surface area (Å²) in [6.07, 6.45) is 0. The maximum Gasteiger partial charge on any atom is 0.166 e. The predicted octanol–water partition coefficient (Wildman–Crippen LogP) is 28.1. The molecule has 0 N–H and O–H groups in total. The first-order valence-corrected chi connectivity index (χ1v) is 39.6. The van der Waals surface area contributed by atoms with E-state index in [1.165, 1.54) is 11.1 Å². The average Bonchev–Trinajstić information content (AvgIpc) is 1.56. The first kappa shape index (κ1) is 68.7. The van der Waals surface area contributed by atoms with Crippen molar-refractivity contribution in [3.63, 3.8) is 0 Å². The van der Waals surface area contributed by atoms with E-state index >= 15 is 0 Å². The van der Waals surface area contributed by atoms with Crippen molar-refractivity contribution >= 4 is 87.5 Å². The minimum atomic E-state index is 0.593. The fourth-order valence-corrected chi connectivity index (χ4v) is 17.0. The minimum Gasteiger partial charge on any atom is -0.455 e. The minimum absolute atomic E-state index is 0.593. The number of furan rings is 2. The highest BCUT2D eigenvalue weighted by molar-refractivity contribution is 6.27. The molecule has 0 amide bonds. The molecule has 6 heterocycles. The smallest absolute Gasteiger partial charge is 0.166 e. The van der Waals surface area contributed by atoms with Gasteiger partial charge in [0, 0.05) is 71.3 Å². The van der Waals surface area contributed by atoms with E-state index < -0.39 is 0 Å². The van der Waals surface area contributed by atoms with Crippen LogP contribution in [0.3, 0.4) is 0 Å². The number of rotatable bonds is 13. The Balaban J connectivity index is 0.000000143. The molecule has 10 nitrogen and oxygen atoms in total. The van der Waals surface area contributed by atoms with Crippen LogP contribution in [0.1, 0.15) is 0 Å². The summed E-state index contributed by atoms with van der Waals surface area (Å²) in [5.41, 5.74) is 26.6. The van der Waals surface area contributed by atoms with Crippen LogP contribution in [0.25, 0.3) is 223 Å². The molecule has 552 valence electrons. The molecule has 0 unspecified atom stereocenters. The van der Waals surface area contributed by atoms with Crippen LogP contribution in [0.2, 0.25) is 0 Å². The van der Waals surface area contributed by atoms with Crippen molar-refractivity contribution < 1.29 is 8.83 Å². The van der Waals surface area contributed by atoms with Crippen molar-refractivity contribution in [1.29, 1.82) is 0 Å². The van der Waals surface area contributed by atoms with Gasteiger partial charge in [-0.05, 0) is 117 Å². The number of nitrogens with zero attached hydrogens (tertiary/aromatic N) is 8. The van der Waals surface area contributed by atoms with E-state index in [9.17, 15) is 0 Å². The van der Waals surface area contributed by atoms with Gasteiger partial charge < -0.3 is 18.0 Å².